The lowest BCUT2D eigenvalue weighted by atomic mass is 10.0. The summed E-state index contributed by atoms with van der Waals surface area (Å²) in [6.07, 6.45) is -0.356. The van der Waals surface area contributed by atoms with E-state index in [1.165, 1.54) is 6.07 Å². The molecule has 1 amide bonds. The largest absolute Gasteiger partial charge is 0.489 e. The first-order chi connectivity index (χ1) is 13.7. The van der Waals surface area contributed by atoms with Crippen LogP contribution in [-0.2, 0) is 16.1 Å². The first kappa shape index (κ1) is 22.8. The van der Waals surface area contributed by atoms with Crippen LogP contribution in [0.3, 0.4) is 0 Å². The fourth-order valence-corrected chi connectivity index (χ4v) is 3.07. The molecule has 2 N–H and O–H groups in total. The normalized spacial score (nSPS) is 14.7. The van der Waals surface area contributed by atoms with Gasteiger partial charge in [0, 0.05) is 38.9 Å². The standard InChI is InChI=1S/C20H30N2O7/c1-20(2,3)29-19(26)22-9-7-21(8-10-22)16-6-5-14(18(24)25)15(13-23)17(16)28-12-11-27-4/h5-6,23H,7-13H2,1-4H3,(H,24,25). The van der Waals surface area contributed by atoms with E-state index < -0.39 is 18.2 Å². The molecule has 0 unspecified atom stereocenters. The summed E-state index contributed by atoms with van der Waals surface area (Å²) < 4.78 is 16.2. The summed E-state index contributed by atoms with van der Waals surface area (Å²) in [4.78, 5) is 27.4. The van der Waals surface area contributed by atoms with Gasteiger partial charge in [-0.15, -0.1) is 0 Å². The van der Waals surface area contributed by atoms with Crippen LogP contribution in [0.5, 0.6) is 5.75 Å². The Morgan fingerprint density at radius 2 is 1.76 bits per heavy atom. The third-order valence-corrected chi connectivity index (χ3v) is 4.43. The summed E-state index contributed by atoms with van der Waals surface area (Å²) in [7, 11) is 1.54. The number of carbonyl (C=O) groups is 2. The highest BCUT2D eigenvalue weighted by Crippen LogP contribution is 2.35. The van der Waals surface area contributed by atoms with Crippen LogP contribution in [0, 0.1) is 0 Å². The van der Waals surface area contributed by atoms with Crippen molar-refractivity contribution in [3.05, 3.63) is 23.3 Å². The van der Waals surface area contributed by atoms with Gasteiger partial charge in [-0.1, -0.05) is 0 Å². The van der Waals surface area contributed by atoms with Crippen LogP contribution in [0.2, 0.25) is 0 Å². The van der Waals surface area contributed by atoms with Gasteiger partial charge < -0.3 is 34.2 Å². The molecule has 0 atom stereocenters. The molecule has 162 valence electrons. The zero-order valence-corrected chi connectivity index (χ0v) is 17.4. The highest BCUT2D eigenvalue weighted by molar-refractivity contribution is 5.91. The maximum Gasteiger partial charge on any atom is 0.410 e. The Labute approximate surface area is 170 Å². The number of carboxylic acid groups (broad SMARTS) is 1. The Morgan fingerprint density at radius 1 is 1.10 bits per heavy atom. The maximum absolute atomic E-state index is 12.3. The number of carbonyl (C=O) groups excluding carboxylic acids is 1. The molecule has 0 aliphatic carbocycles. The van der Waals surface area contributed by atoms with Crippen LogP contribution in [0.4, 0.5) is 10.5 Å². The third-order valence-electron chi connectivity index (χ3n) is 4.43. The molecule has 1 aliphatic rings. The van der Waals surface area contributed by atoms with E-state index in [1.807, 2.05) is 25.7 Å². The number of benzene rings is 1. The molecule has 1 aromatic rings. The van der Waals surface area contributed by atoms with Gasteiger partial charge >= 0.3 is 12.1 Å². The van der Waals surface area contributed by atoms with Gasteiger partial charge in [-0.3, -0.25) is 0 Å². The van der Waals surface area contributed by atoms with Crippen molar-refractivity contribution in [1.29, 1.82) is 0 Å². The molecule has 0 spiro atoms. The second-order valence-electron chi connectivity index (χ2n) is 7.70. The molecule has 1 aliphatic heterocycles. The Kier molecular flexibility index (Phi) is 7.69. The minimum Gasteiger partial charge on any atom is -0.489 e. The number of nitrogens with zero attached hydrogens (tertiary/aromatic N) is 2. The number of carboxylic acids is 1. The number of amides is 1. The van der Waals surface area contributed by atoms with Crippen molar-refractivity contribution < 1.29 is 34.0 Å². The highest BCUT2D eigenvalue weighted by Gasteiger charge is 2.28. The summed E-state index contributed by atoms with van der Waals surface area (Å²) in [5.41, 5.74) is 0.343. The topological polar surface area (TPSA) is 109 Å². The Hall–Kier alpha value is -2.52. The van der Waals surface area contributed by atoms with E-state index in [0.29, 0.717) is 44.2 Å². The van der Waals surface area contributed by atoms with Crippen molar-refractivity contribution >= 4 is 17.7 Å². The van der Waals surface area contributed by atoms with Crippen molar-refractivity contribution in [3.63, 3.8) is 0 Å². The lowest BCUT2D eigenvalue weighted by Gasteiger charge is -2.37. The molecular formula is C20H30N2O7. The zero-order valence-electron chi connectivity index (χ0n) is 17.4. The molecule has 0 aromatic heterocycles. The van der Waals surface area contributed by atoms with Gasteiger partial charge in [-0.05, 0) is 32.9 Å². The van der Waals surface area contributed by atoms with Crippen LogP contribution < -0.4 is 9.64 Å². The Morgan fingerprint density at radius 3 is 2.28 bits per heavy atom. The van der Waals surface area contributed by atoms with E-state index in [9.17, 15) is 19.8 Å². The van der Waals surface area contributed by atoms with E-state index in [4.69, 9.17) is 14.2 Å². The number of aromatic carboxylic acids is 1. The Bertz CT molecular complexity index is 722. The third kappa shape index (κ3) is 5.98. The number of anilines is 1. The second kappa shape index (κ2) is 9.80. The quantitative estimate of drug-likeness (QED) is 0.657. The average molecular weight is 410 g/mol. The molecule has 1 saturated heterocycles. The lowest BCUT2D eigenvalue weighted by molar-refractivity contribution is 0.0240. The van der Waals surface area contributed by atoms with E-state index in [1.54, 1.807) is 18.1 Å². The average Bonchev–Trinajstić information content (AvgIpc) is 2.66. The van der Waals surface area contributed by atoms with Gasteiger partial charge in [0.25, 0.3) is 0 Å². The van der Waals surface area contributed by atoms with Crippen LogP contribution in [0.25, 0.3) is 0 Å². The molecule has 0 saturated carbocycles. The molecule has 0 bridgehead atoms. The molecule has 9 nitrogen and oxygen atoms in total. The predicted molar refractivity (Wildman–Crippen MR) is 107 cm³/mol. The maximum atomic E-state index is 12.3. The number of rotatable bonds is 7. The van der Waals surface area contributed by atoms with Crippen LogP contribution in [0.1, 0.15) is 36.7 Å². The van der Waals surface area contributed by atoms with E-state index >= 15 is 0 Å². The Balaban J connectivity index is 2.21. The number of methoxy groups -OCH3 is 1. The van der Waals surface area contributed by atoms with Gasteiger partial charge in [-0.2, -0.15) is 0 Å². The summed E-state index contributed by atoms with van der Waals surface area (Å²) in [5.74, 6) is -0.804. The zero-order chi connectivity index (χ0) is 21.6. The molecule has 1 heterocycles. The van der Waals surface area contributed by atoms with Gasteiger partial charge in [-0.25, -0.2) is 9.59 Å². The smallest absolute Gasteiger partial charge is 0.410 e. The number of hydrogen-bond acceptors (Lipinski definition) is 7. The van der Waals surface area contributed by atoms with Crippen LogP contribution >= 0.6 is 0 Å². The first-order valence-electron chi connectivity index (χ1n) is 9.52. The lowest BCUT2D eigenvalue weighted by Crippen LogP contribution is -2.50. The minimum absolute atomic E-state index is 0.00365. The fraction of sp³-hybridized carbons (Fsp3) is 0.600. The van der Waals surface area contributed by atoms with E-state index in [2.05, 4.69) is 0 Å². The monoisotopic (exact) mass is 410 g/mol. The van der Waals surface area contributed by atoms with Crippen molar-refractivity contribution in [3.8, 4) is 5.75 Å². The molecule has 9 heteroatoms. The van der Waals surface area contributed by atoms with Gasteiger partial charge in [0.05, 0.1) is 24.5 Å². The SMILES string of the molecule is COCCOc1c(N2CCN(C(=O)OC(C)(C)C)CC2)ccc(C(=O)O)c1CO. The van der Waals surface area contributed by atoms with Gasteiger partial charge in [0.2, 0.25) is 0 Å². The van der Waals surface area contributed by atoms with E-state index in [0.717, 1.165) is 0 Å². The van der Waals surface area contributed by atoms with Crippen molar-refractivity contribution in [2.75, 3.05) is 51.4 Å². The molecule has 1 aromatic carbocycles. The summed E-state index contributed by atoms with van der Waals surface area (Å²) >= 11 is 0. The number of aliphatic hydroxyl groups excluding tert-OH is 1. The minimum atomic E-state index is -1.13. The predicted octanol–water partition coefficient (Wildman–Crippen LogP) is 1.96. The summed E-state index contributed by atoms with van der Waals surface area (Å²) in [6.45, 7) is 7.53. The van der Waals surface area contributed by atoms with Crippen LogP contribution in [-0.4, -0.2) is 79.3 Å². The molecule has 29 heavy (non-hydrogen) atoms. The van der Waals surface area contributed by atoms with Crippen molar-refractivity contribution in [2.24, 2.45) is 0 Å². The molecule has 0 radical (unpaired) electrons. The molecule has 1 fully saturated rings. The number of hydrogen-bond donors (Lipinski definition) is 2. The highest BCUT2D eigenvalue weighted by atomic mass is 16.6. The van der Waals surface area contributed by atoms with E-state index in [-0.39, 0.29) is 23.8 Å². The first-order valence-corrected chi connectivity index (χ1v) is 9.52. The molecule has 2 rings (SSSR count). The fourth-order valence-electron chi connectivity index (χ4n) is 3.07. The summed E-state index contributed by atoms with van der Waals surface area (Å²) in [5, 5.41) is 19.2. The second-order valence-corrected chi connectivity index (χ2v) is 7.70. The van der Waals surface area contributed by atoms with Crippen molar-refractivity contribution in [2.45, 2.75) is 33.0 Å². The number of piperazine rings is 1. The van der Waals surface area contributed by atoms with Gasteiger partial charge in [0.15, 0.2) is 0 Å². The number of ether oxygens (including phenoxy) is 3. The van der Waals surface area contributed by atoms with Crippen LogP contribution in [0.15, 0.2) is 12.1 Å². The summed E-state index contributed by atoms with van der Waals surface area (Å²) in [6, 6.07) is 3.14. The van der Waals surface area contributed by atoms with Crippen molar-refractivity contribution in [1.82, 2.24) is 4.90 Å². The van der Waals surface area contributed by atoms with Gasteiger partial charge in [0.1, 0.15) is 18.0 Å². The number of aliphatic hydroxyl groups is 1. The molecular weight excluding hydrogens is 380 g/mol.